The van der Waals surface area contributed by atoms with Crippen LogP contribution in [0.2, 0.25) is 0 Å². The van der Waals surface area contributed by atoms with Gasteiger partial charge in [-0.1, -0.05) is 37.3 Å². The fraction of sp³-hybridized carbons (Fsp3) is 0.600. The molecule has 1 amide bonds. The number of carbonyl (C=O) groups excluding carboxylic acids is 2. The number of piperidine rings is 1. The topological polar surface area (TPSA) is 60.9 Å². The first-order valence-corrected chi connectivity index (χ1v) is 9.07. The first kappa shape index (κ1) is 19.6. The molecule has 0 aromatic heterocycles. The van der Waals surface area contributed by atoms with E-state index < -0.39 is 5.60 Å². The number of amides is 1. The fourth-order valence-electron chi connectivity index (χ4n) is 3.45. The lowest BCUT2D eigenvalue weighted by molar-refractivity contribution is -0.145. The van der Waals surface area contributed by atoms with E-state index in [9.17, 15) is 14.7 Å². The molecule has 1 aromatic carbocycles. The van der Waals surface area contributed by atoms with Crippen LogP contribution in [0.25, 0.3) is 0 Å². The molecule has 0 bridgehead atoms. The van der Waals surface area contributed by atoms with Crippen LogP contribution in [0.1, 0.15) is 43.0 Å². The Morgan fingerprint density at radius 3 is 2.36 bits per heavy atom. The van der Waals surface area contributed by atoms with Gasteiger partial charge in [-0.05, 0) is 25.8 Å². The molecule has 1 saturated heterocycles. The average molecular weight is 346 g/mol. The van der Waals surface area contributed by atoms with Crippen LogP contribution in [0.3, 0.4) is 0 Å². The van der Waals surface area contributed by atoms with Crippen molar-refractivity contribution in [2.24, 2.45) is 5.92 Å². The Morgan fingerprint density at radius 1 is 1.20 bits per heavy atom. The lowest BCUT2D eigenvalue weighted by atomic mass is 9.79. The summed E-state index contributed by atoms with van der Waals surface area (Å²) in [6.07, 6.45) is 2.55. The summed E-state index contributed by atoms with van der Waals surface area (Å²) in [4.78, 5) is 28.1. The van der Waals surface area contributed by atoms with Crippen molar-refractivity contribution < 1.29 is 14.7 Å². The van der Waals surface area contributed by atoms with Crippen LogP contribution in [0.4, 0.5) is 0 Å². The molecule has 1 atom stereocenters. The summed E-state index contributed by atoms with van der Waals surface area (Å²) in [5, 5.41) is 10.8. The summed E-state index contributed by atoms with van der Waals surface area (Å²) in [7, 11) is 3.45. The Balaban J connectivity index is 1.75. The van der Waals surface area contributed by atoms with Crippen LogP contribution in [0.15, 0.2) is 30.3 Å². The highest BCUT2D eigenvalue weighted by Gasteiger charge is 2.41. The van der Waals surface area contributed by atoms with Crippen LogP contribution in [-0.2, 0) is 4.79 Å². The minimum Gasteiger partial charge on any atom is -0.389 e. The van der Waals surface area contributed by atoms with Crippen LogP contribution in [0.5, 0.6) is 0 Å². The minimum atomic E-state index is -0.919. The van der Waals surface area contributed by atoms with E-state index in [4.69, 9.17) is 0 Å². The highest BCUT2D eigenvalue weighted by atomic mass is 16.3. The standard InChI is InChI=1S/C20H30N2O3/c1-16(19(24)21(2)3)20(25)11-14-22(15-12-20)13-7-10-18(23)17-8-5-4-6-9-17/h4-6,8-9,16,25H,7,10-15H2,1-3H3. The molecule has 25 heavy (non-hydrogen) atoms. The monoisotopic (exact) mass is 346 g/mol. The molecule has 1 unspecified atom stereocenters. The van der Waals surface area contributed by atoms with Crippen molar-refractivity contribution in [3.8, 4) is 0 Å². The first-order chi connectivity index (χ1) is 11.8. The number of ketones is 1. The van der Waals surface area contributed by atoms with Crippen LogP contribution in [-0.4, -0.2) is 65.9 Å². The maximum Gasteiger partial charge on any atom is 0.227 e. The second-order valence-electron chi connectivity index (χ2n) is 7.29. The molecule has 1 aromatic rings. The molecule has 0 saturated carbocycles. The third-order valence-electron chi connectivity index (χ3n) is 5.31. The van der Waals surface area contributed by atoms with E-state index in [0.29, 0.717) is 19.3 Å². The molecular formula is C20H30N2O3. The average Bonchev–Trinajstić information content (AvgIpc) is 2.62. The van der Waals surface area contributed by atoms with E-state index in [-0.39, 0.29) is 17.6 Å². The summed E-state index contributed by atoms with van der Waals surface area (Å²) in [5.74, 6) is -0.229. The molecule has 138 valence electrons. The Labute approximate surface area is 150 Å². The number of aliphatic hydroxyl groups is 1. The SMILES string of the molecule is CC(C(=O)N(C)C)C1(O)CCN(CCCC(=O)c2ccccc2)CC1. The van der Waals surface area contributed by atoms with E-state index in [1.165, 1.54) is 0 Å². The molecule has 5 heteroatoms. The summed E-state index contributed by atoms with van der Waals surface area (Å²) >= 11 is 0. The Hall–Kier alpha value is -1.72. The zero-order valence-corrected chi connectivity index (χ0v) is 15.6. The molecular weight excluding hydrogens is 316 g/mol. The molecule has 1 N–H and O–H groups in total. The molecule has 1 fully saturated rings. The summed E-state index contributed by atoms with van der Waals surface area (Å²) < 4.78 is 0. The number of carbonyl (C=O) groups is 2. The van der Waals surface area contributed by atoms with Crippen LogP contribution in [0, 0.1) is 5.92 Å². The van der Waals surface area contributed by atoms with Crippen molar-refractivity contribution in [1.29, 1.82) is 0 Å². The Bertz CT molecular complexity index is 578. The molecule has 1 aliphatic rings. The predicted molar refractivity (Wildman–Crippen MR) is 98.5 cm³/mol. The number of Topliss-reactive ketones (excluding diaryl/α,β-unsaturated/α-hetero) is 1. The van der Waals surface area contributed by atoms with Crippen LogP contribution >= 0.6 is 0 Å². The molecule has 0 aliphatic carbocycles. The van der Waals surface area contributed by atoms with Gasteiger partial charge < -0.3 is 14.9 Å². The van der Waals surface area contributed by atoms with Gasteiger partial charge in [-0.25, -0.2) is 0 Å². The number of likely N-dealkylation sites (tertiary alicyclic amines) is 1. The van der Waals surface area contributed by atoms with E-state index >= 15 is 0 Å². The van der Waals surface area contributed by atoms with Gasteiger partial charge in [0.05, 0.1) is 11.5 Å². The third-order valence-corrected chi connectivity index (χ3v) is 5.31. The second-order valence-corrected chi connectivity index (χ2v) is 7.29. The summed E-state index contributed by atoms with van der Waals surface area (Å²) in [5.41, 5.74) is -0.149. The van der Waals surface area contributed by atoms with Gasteiger partial charge in [0.15, 0.2) is 5.78 Å². The molecule has 1 heterocycles. The van der Waals surface area contributed by atoms with Gasteiger partial charge in [0.25, 0.3) is 0 Å². The van der Waals surface area contributed by atoms with Gasteiger partial charge in [-0.2, -0.15) is 0 Å². The number of benzene rings is 1. The number of hydrogen-bond acceptors (Lipinski definition) is 4. The van der Waals surface area contributed by atoms with Crippen molar-refractivity contribution in [3.05, 3.63) is 35.9 Å². The van der Waals surface area contributed by atoms with E-state index in [1.54, 1.807) is 19.0 Å². The van der Waals surface area contributed by atoms with E-state index in [2.05, 4.69) is 4.90 Å². The number of hydrogen-bond donors (Lipinski definition) is 1. The maximum absolute atomic E-state index is 12.1. The van der Waals surface area contributed by atoms with Crippen molar-refractivity contribution in [2.75, 3.05) is 33.7 Å². The van der Waals surface area contributed by atoms with Gasteiger partial charge in [-0.3, -0.25) is 9.59 Å². The second kappa shape index (κ2) is 8.59. The van der Waals surface area contributed by atoms with Crippen molar-refractivity contribution >= 4 is 11.7 Å². The summed E-state index contributed by atoms with van der Waals surface area (Å²) in [6, 6.07) is 9.39. The van der Waals surface area contributed by atoms with Gasteiger partial charge in [0.1, 0.15) is 0 Å². The lowest BCUT2D eigenvalue weighted by Gasteiger charge is -2.41. The smallest absolute Gasteiger partial charge is 0.227 e. The highest BCUT2D eigenvalue weighted by molar-refractivity contribution is 5.95. The van der Waals surface area contributed by atoms with Crippen LogP contribution < -0.4 is 0 Å². The van der Waals surface area contributed by atoms with Gasteiger partial charge in [0, 0.05) is 39.2 Å². The molecule has 2 rings (SSSR count). The quantitative estimate of drug-likeness (QED) is 0.769. The Kier molecular flexibility index (Phi) is 6.73. The molecule has 5 nitrogen and oxygen atoms in total. The molecule has 0 spiro atoms. The summed E-state index contributed by atoms with van der Waals surface area (Å²) in [6.45, 7) is 4.20. The fourth-order valence-corrected chi connectivity index (χ4v) is 3.45. The van der Waals surface area contributed by atoms with Crippen molar-refractivity contribution in [2.45, 2.75) is 38.2 Å². The van der Waals surface area contributed by atoms with E-state index in [0.717, 1.165) is 31.6 Å². The third kappa shape index (κ3) is 5.13. The van der Waals surface area contributed by atoms with Crippen molar-refractivity contribution in [1.82, 2.24) is 9.80 Å². The minimum absolute atomic E-state index is 0.0237. The number of rotatable bonds is 7. The predicted octanol–water partition coefficient (Wildman–Crippen LogP) is 2.20. The first-order valence-electron chi connectivity index (χ1n) is 9.07. The normalized spacial score (nSPS) is 18.6. The molecule has 0 radical (unpaired) electrons. The van der Waals surface area contributed by atoms with E-state index in [1.807, 2.05) is 37.3 Å². The highest BCUT2D eigenvalue weighted by Crippen LogP contribution is 2.31. The number of nitrogens with zero attached hydrogens (tertiary/aromatic N) is 2. The Morgan fingerprint density at radius 2 is 1.80 bits per heavy atom. The van der Waals surface area contributed by atoms with Gasteiger partial charge in [-0.15, -0.1) is 0 Å². The van der Waals surface area contributed by atoms with Crippen molar-refractivity contribution in [3.63, 3.8) is 0 Å². The van der Waals surface area contributed by atoms with Gasteiger partial charge >= 0.3 is 0 Å². The maximum atomic E-state index is 12.1. The lowest BCUT2D eigenvalue weighted by Crippen LogP contribution is -2.52. The zero-order chi connectivity index (χ0) is 18.4. The van der Waals surface area contributed by atoms with Gasteiger partial charge in [0.2, 0.25) is 5.91 Å². The largest absolute Gasteiger partial charge is 0.389 e. The zero-order valence-electron chi connectivity index (χ0n) is 15.6. The molecule has 1 aliphatic heterocycles.